The average Bonchev–Trinajstić information content (AvgIpc) is 3.22. The van der Waals surface area contributed by atoms with E-state index in [4.69, 9.17) is 37.4 Å². The molecule has 0 fully saturated rings. The van der Waals surface area contributed by atoms with E-state index in [0.29, 0.717) is 27.3 Å². The van der Waals surface area contributed by atoms with Crippen LogP contribution in [0.15, 0.2) is 54.6 Å². The Bertz CT molecular complexity index is 1310. The first-order chi connectivity index (χ1) is 16.0. The third kappa shape index (κ3) is 3.70. The lowest BCUT2D eigenvalue weighted by Gasteiger charge is -2.29. The molecule has 2 atom stereocenters. The smallest absolute Gasteiger partial charge is 0.203 e. The summed E-state index contributed by atoms with van der Waals surface area (Å²) in [5, 5.41) is 4.85. The van der Waals surface area contributed by atoms with Crippen molar-refractivity contribution in [1.29, 1.82) is 0 Å². The molecule has 1 aromatic heterocycles. The minimum Gasteiger partial charge on any atom is -0.493 e. The molecule has 5 rings (SSSR count). The van der Waals surface area contributed by atoms with Crippen molar-refractivity contribution in [3.05, 3.63) is 87.0 Å². The highest BCUT2D eigenvalue weighted by molar-refractivity contribution is 6.35. The van der Waals surface area contributed by atoms with Crippen LogP contribution >= 0.6 is 23.2 Å². The number of fused-ring (bicyclic) bond motifs is 3. The lowest BCUT2D eigenvalue weighted by atomic mass is 9.83. The number of para-hydroxylation sites is 1. The zero-order chi connectivity index (χ0) is 23.1. The Balaban J connectivity index is 1.70. The fraction of sp³-hybridized carbons (Fsp3) is 0.231. The molecule has 0 saturated carbocycles. The number of quaternary nitrogens is 1. The number of H-pyrrole nitrogens is 1. The van der Waals surface area contributed by atoms with Gasteiger partial charge in [-0.25, -0.2) is 0 Å². The summed E-state index contributed by atoms with van der Waals surface area (Å²) in [4.78, 5) is 3.69. The summed E-state index contributed by atoms with van der Waals surface area (Å²) in [5.41, 5.74) is 5.65. The Morgan fingerprint density at radius 2 is 1.64 bits per heavy atom. The summed E-state index contributed by atoms with van der Waals surface area (Å²) in [6.45, 7) is 0.831. The highest BCUT2D eigenvalue weighted by atomic mass is 35.5. The maximum atomic E-state index is 6.66. The predicted molar refractivity (Wildman–Crippen MR) is 131 cm³/mol. The minimum absolute atomic E-state index is 0.0310. The first kappa shape index (κ1) is 22.0. The van der Waals surface area contributed by atoms with Crippen LogP contribution in [0.1, 0.15) is 34.3 Å². The number of ether oxygens (including phenoxy) is 3. The molecule has 5 nitrogen and oxygen atoms in total. The third-order valence-corrected chi connectivity index (χ3v) is 6.99. The summed E-state index contributed by atoms with van der Waals surface area (Å²) in [5.74, 6) is 1.99. The Morgan fingerprint density at radius 1 is 0.909 bits per heavy atom. The molecule has 0 aliphatic carbocycles. The van der Waals surface area contributed by atoms with Crippen LogP contribution in [-0.4, -0.2) is 32.9 Å². The van der Waals surface area contributed by atoms with Gasteiger partial charge in [0.2, 0.25) is 5.75 Å². The predicted octanol–water partition coefficient (Wildman–Crippen LogP) is 5.30. The number of aromatic amines is 1. The zero-order valence-electron chi connectivity index (χ0n) is 18.6. The van der Waals surface area contributed by atoms with Gasteiger partial charge >= 0.3 is 0 Å². The highest BCUT2D eigenvalue weighted by Gasteiger charge is 2.37. The van der Waals surface area contributed by atoms with E-state index in [1.165, 1.54) is 10.9 Å². The Labute approximate surface area is 202 Å². The molecule has 0 unspecified atom stereocenters. The van der Waals surface area contributed by atoms with Crippen molar-refractivity contribution in [1.82, 2.24) is 4.98 Å². The van der Waals surface area contributed by atoms with Gasteiger partial charge in [0.05, 0.1) is 39.5 Å². The van der Waals surface area contributed by atoms with E-state index in [1.54, 1.807) is 21.3 Å². The molecule has 2 heterocycles. The fourth-order valence-electron chi connectivity index (χ4n) is 4.96. The molecule has 0 amide bonds. The zero-order valence-corrected chi connectivity index (χ0v) is 20.1. The van der Waals surface area contributed by atoms with Gasteiger partial charge in [0, 0.05) is 32.1 Å². The molecule has 0 spiro atoms. The quantitative estimate of drug-likeness (QED) is 0.404. The monoisotopic (exact) mass is 483 g/mol. The van der Waals surface area contributed by atoms with Crippen molar-refractivity contribution in [3.63, 3.8) is 0 Å². The van der Waals surface area contributed by atoms with Gasteiger partial charge in [-0.15, -0.1) is 0 Å². The van der Waals surface area contributed by atoms with Gasteiger partial charge in [-0.2, -0.15) is 0 Å². The molecule has 0 bridgehead atoms. The molecular formula is C26H25Cl2N2O3+. The van der Waals surface area contributed by atoms with E-state index >= 15 is 0 Å². The van der Waals surface area contributed by atoms with Crippen molar-refractivity contribution >= 4 is 34.1 Å². The second-order valence-electron chi connectivity index (χ2n) is 8.12. The normalized spacial score (nSPS) is 17.6. The number of halogens is 2. The van der Waals surface area contributed by atoms with Gasteiger partial charge in [-0.05, 0) is 35.9 Å². The lowest BCUT2D eigenvalue weighted by Crippen LogP contribution is -2.88. The fourth-order valence-corrected chi connectivity index (χ4v) is 5.50. The van der Waals surface area contributed by atoms with Gasteiger partial charge in [-0.3, -0.25) is 0 Å². The van der Waals surface area contributed by atoms with Gasteiger partial charge in [0.15, 0.2) is 17.5 Å². The summed E-state index contributed by atoms with van der Waals surface area (Å²) in [6.07, 6.45) is 0. The molecule has 1 aliphatic rings. The van der Waals surface area contributed by atoms with E-state index in [9.17, 15) is 0 Å². The first-order valence-corrected chi connectivity index (χ1v) is 11.5. The Kier molecular flexibility index (Phi) is 5.87. The topological polar surface area (TPSA) is 60.1 Å². The second kappa shape index (κ2) is 8.82. The highest BCUT2D eigenvalue weighted by Crippen LogP contribution is 2.44. The Morgan fingerprint density at radius 3 is 2.30 bits per heavy atom. The number of benzene rings is 3. The maximum Gasteiger partial charge on any atom is 0.203 e. The molecule has 4 aromatic rings. The number of aromatic nitrogens is 1. The van der Waals surface area contributed by atoms with Crippen LogP contribution in [0.3, 0.4) is 0 Å². The van der Waals surface area contributed by atoms with Crippen molar-refractivity contribution in [2.75, 3.05) is 27.9 Å². The SMILES string of the molecule is COc1cc([C@H]2[NH2+]C[C@@H](c3ccc(Cl)cc3Cl)c3c2[nH]c2ccccc32)cc(OC)c1OC. The van der Waals surface area contributed by atoms with E-state index < -0.39 is 0 Å². The molecule has 1 aliphatic heterocycles. The largest absolute Gasteiger partial charge is 0.493 e. The third-order valence-electron chi connectivity index (χ3n) is 6.43. The van der Waals surface area contributed by atoms with E-state index in [-0.39, 0.29) is 12.0 Å². The van der Waals surface area contributed by atoms with E-state index in [0.717, 1.165) is 28.9 Å². The average molecular weight is 484 g/mol. The van der Waals surface area contributed by atoms with Gasteiger partial charge in [-0.1, -0.05) is 47.5 Å². The lowest BCUT2D eigenvalue weighted by molar-refractivity contribution is -0.692. The molecule has 7 heteroatoms. The van der Waals surface area contributed by atoms with Crippen molar-refractivity contribution < 1.29 is 19.5 Å². The van der Waals surface area contributed by atoms with Gasteiger partial charge in [0.1, 0.15) is 0 Å². The summed E-state index contributed by atoms with van der Waals surface area (Å²) < 4.78 is 16.8. The minimum atomic E-state index is 0.0310. The summed E-state index contributed by atoms with van der Waals surface area (Å²) in [7, 11) is 4.89. The standard InChI is InChI=1S/C26H24Cl2N2O3/c1-31-21-10-14(11-22(32-2)26(21)33-3)24-25-23(17-6-4-5-7-20(17)30-25)18(13-29-24)16-9-8-15(27)12-19(16)28/h4-12,18,24,29-30H,13H2,1-3H3/p+1/t18-,24+/m0/s1. The number of nitrogens with two attached hydrogens (primary N) is 1. The van der Waals surface area contributed by atoms with Crippen LogP contribution in [0.2, 0.25) is 10.0 Å². The van der Waals surface area contributed by atoms with Crippen LogP contribution in [0.25, 0.3) is 10.9 Å². The summed E-state index contributed by atoms with van der Waals surface area (Å²) in [6, 6.07) is 18.2. The van der Waals surface area contributed by atoms with Crippen LogP contribution in [0.4, 0.5) is 0 Å². The number of rotatable bonds is 5. The molecule has 0 saturated heterocycles. The maximum absolute atomic E-state index is 6.66. The van der Waals surface area contributed by atoms with E-state index in [1.807, 2.05) is 36.4 Å². The molecule has 170 valence electrons. The van der Waals surface area contributed by atoms with Crippen LogP contribution in [0, 0.1) is 0 Å². The number of methoxy groups -OCH3 is 3. The van der Waals surface area contributed by atoms with Crippen LogP contribution in [0.5, 0.6) is 17.2 Å². The first-order valence-electron chi connectivity index (χ1n) is 10.7. The van der Waals surface area contributed by atoms with Gasteiger partial charge < -0.3 is 24.5 Å². The number of nitrogens with one attached hydrogen (secondary N) is 1. The number of hydrogen-bond donors (Lipinski definition) is 2. The van der Waals surface area contributed by atoms with Crippen LogP contribution < -0.4 is 19.5 Å². The molecular weight excluding hydrogens is 459 g/mol. The van der Waals surface area contributed by atoms with Crippen molar-refractivity contribution in [2.45, 2.75) is 12.0 Å². The van der Waals surface area contributed by atoms with Crippen molar-refractivity contribution in [3.8, 4) is 17.2 Å². The second-order valence-corrected chi connectivity index (χ2v) is 8.97. The number of hydrogen-bond acceptors (Lipinski definition) is 3. The Hall–Kier alpha value is -2.86. The van der Waals surface area contributed by atoms with Crippen molar-refractivity contribution in [2.24, 2.45) is 0 Å². The van der Waals surface area contributed by atoms with E-state index in [2.05, 4.69) is 28.5 Å². The molecule has 33 heavy (non-hydrogen) atoms. The van der Waals surface area contributed by atoms with Crippen LogP contribution in [-0.2, 0) is 0 Å². The van der Waals surface area contributed by atoms with Gasteiger partial charge in [0.25, 0.3) is 0 Å². The summed E-state index contributed by atoms with van der Waals surface area (Å²) >= 11 is 12.8. The molecule has 3 aromatic carbocycles. The molecule has 0 radical (unpaired) electrons. The molecule has 3 N–H and O–H groups in total.